The number of nitrogens with one attached hydrogen (secondary N) is 2. The monoisotopic (exact) mass is 270 g/mol. The Balaban J connectivity index is 2.75. The van der Waals surface area contributed by atoms with Crippen molar-refractivity contribution in [2.75, 3.05) is 16.5 Å². The highest BCUT2D eigenvalue weighted by molar-refractivity contribution is 9.10. The number of H-pyrrole nitrogens is 1. The molecule has 1 aromatic rings. The summed E-state index contributed by atoms with van der Waals surface area (Å²) in [4.78, 5) is 3.66. The molecule has 0 amide bonds. The number of hydrogen-bond donors (Lipinski definition) is 2. The summed E-state index contributed by atoms with van der Waals surface area (Å²) in [7, 11) is -2.01. The quantitative estimate of drug-likeness (QED) is 0.746. The zero-order valence-electron chi connectivity index (χ0n) is 6.61. The standard InChI is InChI=1S/C4H7BrN4O3S/c1-12-4-6-3(7-8-4)9-13(10,11)2-5/h2H2,1H3,(H2,6,7,8,9). The Labute approximate surface area is 83.1 Å². The van der Waals surface area contributed by atoms with E-state index in [0.717, 1.165) is 0 Å². The van der Waals surface area contributed by atoms with Crippen LogP contribution in [0.15, 0.2) is 0 Å². The Hall–Kier alpha value is -0.830. The first-order valence-electron chi connectivity index (χ1n) is 3.10. The Morgan fingerprint density at radius 2 is 2.38 bits per heavy atom. The molecule has 1 rings (SSSR count). The van der Waals surface area contributed by atoms with Gasteiger partial charge < -0.3 is 4.74 Å². The number of nitrogens with zero attached hydrogens (tertiary/aromatic N) is 2. The van der Waals surface area contributed by atoms with Gasteiger partial charge in [0, 0.05) is 0 Å². The van der Waals surface area contributed by atoms with E-state index in [1.807, 2.05) is 0 Å². The van der Waals surface area contributed by atoms with Crippen molar-refractivity contribution in [3.63, 3.8) is 0 Å². The van der Waals surface area contributed by atoms with Gasteiger partial charge in [-0.25, -0.2) is 13.5 Å². The van der Waals surface area contributed by atoms with Crippen molar-refractivity contribution in [1.82, 2.24) is 15.2 Å². The van der Waals surface area contributed by atoms with Crippen molar-refractivity contribution in [2.24, 2.45) is 0 Å². The predicted molar refractivity (Wildman–Crippen MR) is 49.3 cm³/mol. The summed E-state index contributed by atoms with van der Waals surface area (Å²) in [6, 6.07) is 0.0762. The second-order valence-corrected chi connectivity index (χ2v) is 5.02. The molecule has 0 saturated heterocycles. The van der Waals surface area contributed by atoms with Gasteiger partial charge in [0.25, 0.3) is 0 Å². The highest BCUT2D eigenvalue weighted by Crippen LogP contribution is 2.07. The van der Waals surface area contributed by atoms with Gasteiger partial charge in [0.2, 0.25) is 16.0 Å². The summed E-state index contributed by atoms with van der Waals surface area (Å²) in [6.45, 7) is 0. The molecule has 0 spiro atoms. The average molecular weight is 271 g/mol. The summed E-state index contributed by atoms with van der Waals surface area (Å²) in [6.07, 6.45) is 0. The summed E-state index contributed by atoms with van der Waals surface area (Å²) in [5, 5.41) is 5.90. The van der Waals surface area contributed by atoms with Crippen LogP contribution >= 0.6 is 15.9 Å². The minimum Gasteiger partial charge on any atom is -0.466 e. The lowest BCUT2D eigenvalue weighted by molar-refractivity contribution is 0.382. The van der Waals surface area contributed by atoms with E-state index < -0.39 is 10.0 Å². The maximum absolute atomic E-state index is 11.0. The molecule has 0 aliphatic heterocycles. The van der Waals surface area contributed by atoms with Gasteiger partial charge in [-0.2, -0.15) is 4.98 Å². The molecule has 0 atom stereocenters. The molecule has 9 heteroatoms. The maximum atomic E-state index is 11.0. The highest BCUT2D eigenvalue weighted by atomic mass is 79.9. The van der Waals surface area contributed by atoms with Crippen LogP contribution in [0.5, 0.6) is 6.01 Å². The third kappa shape index (κ3) is 2.84. The van der Waals surface area contributed by atoms with Crippen molar-refractivity contribution in [2.45, 2.75) is 0 Å². The lowest BCUT2D eigenvalue weighted by Crippen LogP contribution is -2.14. The van der Waals surface area contributed by atoms with E-state index in [4.69, 9.17) is 0 Å². The molecule has 74 valence electrons. The number of hydrogen-bond acceptors (Lipinski definition) is 5. The first-order valence-corrected chi connectivity index (χ1v) is 5.87. The van der Waals surface area contributed by atoms with Crippen LogP contribution in [0, 0.1) is 0 Å². The first-order chi connectivity index (χ1) is 6.07. The number of sulfonamides is 1. The van der Waals surface area contributed by atoms with Crippen LogP contribution in [0.1, 0.15) is 0 Å². The van der Waals surface area contributed by atoms with Crippen molar-refractivity contribution < 1.29 is 13.2 Å². The van der Waals surface area contributed by atoms with Crippen LogP contribution in [0.3, 0.4) is 0 Å². The van der Waals surface area contributed by atoms with Crippen molar-refractivity contribution in [3.05, 3.63) is 0 Å². The number of alkyl halides is 1. The molecule has 0 radical (unpaired) electrons. The summed E-state index contributed by atoms with van der Waals surface area (Å²) in [5.74, 6) is 0.0244. The number of anilines is 1. The topological polar surface area (TPSA) is 97.0 Å². The van der Waals surface area contributed by atoms with Gasteiger partial charge in [-0.3, -0.25) is 4.72 Å². The summed E-state index contributed by atoms with van der Waals surface area (Å²) in [5.41, 5.74) is 0. The maximum Gasteiger partial charge on any atom is 0.336 e. The zero-order chi connectivity index (χ0) is 9.90. The predicted octanol–water partition coefficient (Wildman–Crippen LogP) is -0.0926. The van der Waals surface area contributed by atoms with Crippen molar-refractivity contribution in [1.29, 1.82) is 0 Å². The molecule has 2 N–H and O–H groups in total. The van der Waals surface area contributed by atoms with Crippen molar-refractivity contribution in [3.8, 4) is 6.01 Å². The largest absolute Gasteiger partial charge is 0.466 e. The average Bonchev–Trinajstić information content (AvgIpc) is 2.52. The van der Waals surface area contributed by atoms with Crippen LogP contribution in [-0.2, 0) is 10.0 Å². The minimum absolute atomic E-state index is 0.0244. The molecule has 7 nitrogen and oxygen atoms in total. The van der Waals surface area contributed by atoms with Crippen LogP contribution in [-0.4, -0.2) is 35.4 Å². The fraction of sp³-hybridized carbons (Fsp3) is 0.500. The van der Waals surface area contributed by atoms with E-state index in [1.54, 1.807) is 0 Å². The van der Waals surface area contributed by atoms with Gasteiger partial charge in [-0.15, -0.1) is 5.10 Å². The molecule has 0 aliphatic carbocycles. The fourth-order valence-corrected chi connectivity index (χ4v) is 1.34. The third-order valence-corrected chi connectivity index (χ3v) is 3.64. The van der Waals surface area contributed by atoms with E-state index in [-0.39, 0.29) is 16.6 Å². The number of halogens is 1. The van der Waals surface area contributed by atoms with E-state index >= 15 is 0 Å². The van der Waals surface area contributed by atoms with E-state index in [9.17, 15) is 8.42 Å². The van der Waals surface area contributed by atoms with E-state index in [2.05, 4.69) is 40.6 Å². The van der Waals surface area contributed by atoms with Gasteiger partial charge in [-0.05, 0) is 0 Å². The zero-order valence-corrected chi connectivity index (χ0v) is 9.01. The summed E-state index contributed by atoms with van der Waals surface area (Å²) >= 11 is 2.81. The number of ether oxygens (including phenoxy) is 1. The second-order valence-electron chi connectivity index (χ2n) is 2.00. The van der Waals surface area contributed by atoms with Gasteiger partial charge >= 0.3 is 6.01 Å². The molecule has 0 fully saturated rings. The molecule has 1 aromatic heterocycles. The Morgan fingerprint density at radius 3 is 2.85 bits per heavy atom. The number of aromatic nitrogens is 3. The molecular weight excluding hydrogens is 264 g/mol. The fourth-order valence-electron chi connectivity index (χ4n) is 0.558. The number of methoxy groups -OCH3 is 1. The Kier molecular flexibility index (Phi) is 3.09. The highest BCUT2D eigenvalue weighted by Gasteiger charge is 2.11. The lowest BCUT2D eigenvalue weighted by atomic mass is 11.1. The van der Waals surface area contributed by atoms with Crippen LogP contribution in [0.2, 0.25) is 0 Å². The van der Waals surface area contributed by atoms with E-state index in [1.165, 1.54) is 7.11 Å². The van der Waals surface area contributed by atoms with Crippen LogP contribution in [0.4, 0.5) is 5.95 Å². The first kappa shape index (κ1) is 10.3. The molecule has 0 saturated carbocycles. The lowest BCUT2D eigenvalue weighted by Gasteiger charge is -1.98. The van der Waals surface area contributed by atoms with Gasteiger partial charge in [-0.1, -0.05) is 15.9 Å². The molecule has 0 bridgehead atoms. The molecule has 0 aromatic carbocycles. The smallest absolute Gasteiger partial charge is 0.336 e. The third-order valence-electron chi connectivity index (χ3n) is 1.04. The molecule has 13 heavy (non-hydrogen) atoms. The number of rotatable bonds is 4. The van der Waals surface area contributed by atoms with Gasteiger partial charge in [0.15, 0.2) is 0 Å². The second kappa shape index (κ2) is 3.92. The molecule has 0 aliphatic rings. The normalized spacial score (nSPS) is 11.2. The van der Waals surface area contributed by atoms with Gasteiger partial charge in [0.1, 0.15) is 4.66 Å². The Bertz CT molecular complexity index is 374. The Morgan fingerprint density at radius 1 is 1.69 bits per heavy atom. The minimum atomic E-state index is -3.39. The molecule has 1 heterocycles. The molecular formula is C4H7BrN4O3S. The van der Waals surface area contributed by atoms with E-state index in [0.29, 0.717) is 0 Å². The molecule has 0 unspecified atom stereocenters. The van der Waals surface area contributed by atoms with Crippen LogP contribution in [0.25, 0.3) is 0 Å². The van der Waals surface area contributed by atoms with Gasteiger partial charge in [0.05, 0.1) is 7.11 Å². The number of aromatic amines is 1. The SMILES string of the molecule is COc1n[nH]c(NS(=O)(=O)CBr)n1. The summed E-state index contributed by atoms with van der Waals surface area (Å²) < 4.78 is 28.5. The van der Waals surface area contributed by atoms with Crippen molar-refractivity contribution >= 4 is 31.9 Å². The van der Waals surface area contributed by atoms with Crippen LogP contribution < -0.4 is 9.46 Å².